The smallest absolute Gasteiger partial charge is 0.336 e. The van der Waals surface area contributed by atoms with E-state index < -0.39 is 29.6 Å². The molecule has 0 aromatic heterocycles. The molecule has 1 aromatic carbocycles. The van der Waals surface area contributed by atoms with Gasteiger partial charge < -0.3 is 24.6 Å². The summed E-state index contributed by atoms with van der Waals surface area (Å²) >= 11 is 3.34. The minimum atomic E-state index is -0.980. The lowest BCUT2D eigenvalue weighted by molar-refractivity contribution is -0.151. The molecule has 0 radical (unpaired) electrons. The van der Waals surface area contributed by atoms with E-state index in [4.69, 9.17) is 14.2 Å². The number of benzene rings is 1. The predicted molar refractivity (Wildman–Crippen MR) is 124 cm³/mol. The molecule has 0 saturated heterocycles. The summed E-state index contributed by atoms with van der Waals surface area (Å²) in [6.45, 7) is 7.53. The number of carbonyl (C=O) groups excluding carboxylic acids is 3. The first-order chi connectivity index (χ1) is 15.7. The van der Waals surface area contributed by atoms with E-state index in [0.717, 1.165) is 0 Å². The predicted octanol–water partition coefficient (Wildman–Crippen LogP) is 3.73. The second-order valence-electron chi connectivity index (χ2n) is 8.04. The molecule has 1 aliphatic carbocycles. The molecule has 9 heteroatoms. The van der Waals surface area contributed by atoms with Crippen LogP contribution in [0.15, 0.2) is 39.1 Å². The van der Waals surface area contributed by atoms with Gasteiger partial charge in [-0.05, 0) is 66.7 Å². The van der Waals surface area contributed by atoms with Crippen LogP contribution in [0, 0.1) is 11.8 Å². The van der Waals surface area contributed by atoms with Crippen LogP contribution in [0.2, 0.25) is 0 Å². The number of ketones is 1. The molecule has 1 aliphatic heterocycles. The number of esters is 2. The van der Waals surface area contributed by atoms with Gasteiger partial charge in [-0.15, -0.1) is 0 Å². The van der Waals surface area contributed by atoms with Gasteiger partial charge in [0.25, 0.3) is 0 Å². The van der Waals surface area contributed by atoms with Crippen molar-refractivity contribution in [2.24, 2.45) is 11.8 Å². The molecule has 2 aliphatic rings. The van der Waals surface area contributed by atoms with E-state index in [2.05, 4.69) is 21.2 Å². The highest BCUT2D eigenvalue weighted by Crippen LogP contribution is 2.48. The fourth-order valence-electron chi connectivity index (χ4n) is 4.52. The van der Waals surface area contributed by atoms with E-state index >= 15 is 0 Å². The van der Waals surface area contributed by atoms with Crippen LogP contribution in [-0.4, -0.2) is 43.2 Å². The molecule has 0 saturated carbocycles. The van der Waals surface area contributed by atoms with Gasteiger partial charge in [0.1, 0.15) is 5.92 Å². The van der Waals surface area contributed by atoms with Gasteiger partial charge in [-0.3, -0.25) is 9.59 Å². The number of hydrogen-bond donors (Lipinski definition) is 2. The fourth-order valence-corrected chi connectivity index (χ4v) is 4.98. The number of Topliss-reactive ketones (excluding diaryl/α,β-unsaturated/α-hetero) is 1. The number of phenolic OH excluding ortho intramolecular Hbond substituents is 1. The summed E-state index contributed by atoms with van der Waals surface area (Å²) in [5.41, 5.74) is 2.35. The molecule has 0 spiro atoms. The van der Waals surface area contributed by atoms with Gasteiger partial charge in [0, 0.05) is 22.9 Å². The maximum Gasteiger partial charge on any atom is 0.336 e. The number of methoxy groups -OCH3 is 1. The Morgan fingerprint density at radius 2 is 1.94 bits per heavy atom. The van der Waals surface area contributed by atoms with Crippen molar-refractivity contribution < 1.29 is 33.7 Å². The first-order valence-corrected chi connectivity index (χ1v) is 11.6. The summed E-state index contributed by atoms with van der Waals surface area (Å²) in [5, 5.41) is 13.6. The number of nitrogens with one attached hydrogen (secondary N) is 1. The van der Waals surface area contributed by atoms with Crippen LogP contribution in [-0.2, 0) is 23.9 Å². The van der Waals surface area contributed by atoms with Crippen LogP contribution >= 0.6 is 15.9 Å². The monoisotopic (exact) mass is 521 g/mol. The van der Waals surface area contributed by atoms with Gasteiger partial charge in [-0.25, -0.2) is 4.79 Å². The Kier molecular flexibility index (Phi) is 7.51. The first kappa shape index (κ1) is 24.8. The molecule has 0 bridgehead atoms. The number of halogens is 1. The lowest BCUT2D eigenvalue weighted by atomic mass is 9.69. The Morgan fingerprint density at radius 3 is 2.55 bits per heavy atom. The fraction of sp³-hybridized carbons (Fsp3) is 0.458. The van der Waals surface area contributed by atoms with Crippen LogP contribution in [0.4, 0.5) is 0 Å². The van der Waals surface area contributed by atoms with E-state index in [0.29, 0.717) is 40.0 Å². The van der Waals surface area contributed by atoms with Gasteiger partial charge in [0.15, 0.2) is 17.3 Å². The van der Waals surface area contributed by atoms with Crippen molar-refractivity contribution in [1.82, 2.24) is 5.32 Å². The lowest BCUT2D eigenvalue weighted by Gasteiger charge is -2.38. The maximum atomic E-state index is 13.7. The van der Waals surface area contributed by atoms with Crippen LogP contribution in [0.25, 0.3) is 0 Å². The van der Waals surface area contributed by atoms with E-state index in [1.807, 2.05) is 6.92 Å². The molecule has 33 heavy (non-hydrogen) atoms. The highest BCUT2D eigenvalue weighted by molar-refractivity contribution is 9.10. The molecule has 0 fully saturated rings. The third-order valence-electron chi connectivity index (χ3n) is 5.92. The molecule has 178 valence electrons. The van der Waals surface area contributed by atoms with Crippen LogP contribution in [0.1, 0.15) is 45.6 Å². The first-order valence-electron chi connectivity index (χ1n) is 10.8. The van der Waals surface area contributed by atoms with Gasteiger partial charge >= 0.3 is 11.9 Å². The van der Waals surface area contributed by atoms with Crippen LogP contribution in [0.3, 0.4) is 0 Å². The highest BCUT2D eigenvalue weighted by Gasteiger charge is 2.47. The topological polar surface area (TPSA) is 111 Å². The van der Waals surface area contributed by atoms with Crippen molar-refractivity contribution in [3.05, 3.63) is 44.7 Å². The molecule has 1 aromatic rings. The number of phenols is 1. The van der Waals surface area contributed by atoms with E-state index in [1.54, 1.807) is 32.9 Å². The standard InChI is InChI=1S/C24H28BrNO7/c1-6-32-16-10-13(9-14(25)21(16)27)19-18(24(30)33-7-2)12(4)26-15-8-11(3)17(23(29)31-5)22(28)20(15)19/h9-11,17,19,26-27H,6-8H2,1-5H3/t11-,17+,19+/m1/s1. The van der Waals surface area contributed by atoms with Gasteiger partial charge in [0.2, 0.25) is 0 Å². The Balaban J connectivity index is 2.26. The number of dihydropyridines is 1. The zero-order valence-electron chi connectivity index (χ0n) is 19.3. The van der Waals surface area contributed by atoms with Crippen LogP contribution < -0.4 is 10.1 Å². The maximum absolute atomic E-state index is 13.7. The minimum Gasteiger partial charge on any atom is -0.503 e. The second-order valence-corrected chi connectivity index (χ2v) is 8.89. The van der Waals surface area contributed by atoms with E-state index in [9.17, 15) is 19.5 Å². The third-order valence-corrected chi connectivity index (χ3v) is 6.53. The molecule has 2 N–H and O–H groups in total. The van der Waals surface area contributed by atoms with Crippen molar-refractivity contribution >= 4 is 33.7 Å². The number of ether oxygens (including phenoxy) is 3. The molecular weight excluding hydrogens is 494 g/mol. The van der Waals surface area contributed by atoms with E-state index in [-0.39, 0.29) is 29.6 Å². The summed E-state index contributed by atoms with van der Waals surface area (Å²) < 4.78 is 16.1. The zero-order chi connectivity index (χ0) is 24.4. The van der Waals surface area contributed by atoms with E-state index in [1.165, 1.54) is 7.11 Å². The van der Waals surface area contributed by atoms with Crippen molar-refractivity contribution in [1.29, 1.82) is 0 Å². The normalized spacial score (nSPS) is 22.5. The molecular formula is C24H28BrNO7. The zero-order valence-corrected chi connectivity index (χ0v) is 20.9. The van der Waals surface area contributed by atoms with Crippen molar-refractivity contribution in [3.8, 4) is 11.5 Å². The molecule has 8 nitrogen and oxygen atoms in total. The van der Waals surface area contributed by atoms with Crippen LogP contribution in [0.5, 0.6) is 11.5 Å². The van der Waals surface area contributed by atoms with Gasteiger partial charge in [0.05, 0.1) is 30.4 Å². The quantitative estimate of drug-likeness (QED) is 0.430. The Hall–Kier alpha value is -2.81. The average molecular weight is 522 g/mol. The average Bonchev–Trinajstić information content (AvgIpc) is 2.75. The van der Waals surface area contributed by atoms with Gasteiger partial charge in [-0.2, -0.15) is 0 Å². The summed E-state index contributed by atoms with van der Waals surface area (Å²) in [5.74, 6) is -3.52. The summed E-state index contributed by atoms with van der Waals surface area (Å²) in [7, 11) is 1.25. The summed E-state index contributed by atoms with van der Waals surface area (Å²) in [6, 6.07) is 3.25. The van der Waals surface area contributed by atoms with Crippen molar-refractivity contribution in [2.75, 3.05) is 20.3 Å². The molecule has 3 rings (SSSR count). The molecule has 3 atom stereocenters. The number of carbonyl (C=O) groups is 3. The SMILES string of the molecule is CCOC(=O)C1=C(C)NC2=C(C(=O)[C@@H](C(=O)OC)[C@H](C)C2)[C@H]1c1cc(Br)c(O)c(OCC)c1. The van der Waals surface area contributed by atoms with Crippen molar-refractivity contribution in [2.45, 2.75) is 40.0 Å². The Bertz CT molecular complexity index is 1060. The second kappa shape index (κ2) is 9.99. The van der Waals surface area contributed by atoms with Crippen molar-refractivity contribution in [3.63, 3.8) is 0 Å². The third kappa shape index (κ3) is 4.51. The minimum absolute atomic E-state index is 0.0850. The summed E-state index contributed by atoms with van der Waals surface area (Å²) in [6.07, 6.45) is 0.433. The van der Waals surface area contributed by atoms with Gasteiger partial charge in [-0.1, -0.05) is 6.92 Å². The number of allylic oxidation sites excluding steroid dienone is 3. The Morgan fingerprint density at radius 1 is 1.24 bits per heavy atom. The highest BCUT2D eigenvalue weighted by atomic mass is 79.9. The summed E-state index contributed by atoms with van der Waals surface area (Å²) in [4.78, 5) is 39.2. The number of rotatable bonds is 6. The largest absolute Gasteiger partial charge is 0.503 e. The Labute approximate surface area is 201 Å². The number of aromatic hydroxyl groups is 1. The molecule has 0 amide bonds. The molecule has 0 unspecified atom stereocenters. The lowest BCUT2D eigenvalue weighted by Crippen LogP contribution is -2.43. The molecule has 1 heterocycles. The number of hydrogen-bond acceptors (Lipinski definition) is 8.